The molecule has 0 nitrogen and oxygen atoms in total. The van der Waals surface area contributed by atoms with Gasteiger partial charge in [0.25, 0.3) is 0 Å². The van der Waals surface area contributed by atoms with E-state index in [4.69, 9.17) is 0 Å². The molecule has 0 N–H and O–H groups in total. The van der Waals surface area contributed by atoms with E-state index in [1.165, 1.54) is 5.56 Å². The third-order valence-corrected chi connectivity index (χ3v) is 2.96. The van der Waals surface area contributed by atoms with Gasteiger partial charge in [-0.2, -0.15) is 12.6 Å². The largest absolute Gasteiger partial charge is 0.175 e. The molecule has 14 heavy (non-hydrogen) atoms. The van der Waals surface area contributed by atoms with Gasteiger partial charge in [-0.3, -0.25) is 0 Å². The van der Waals surface area contributed by atoms with Crippen LogP contribution < -0.4 is 0 Å². The van der Waals surface area contributed by atoms with Crippen LogP contribution in [-0.2, 0) is 5.75 Å². The number of hydrogen-bond donors (Lipinski definition) is 1. The van der Waals surface area contributed by atoms with Crippen molar-refractivity contribution in [3.05, 3.63) is 35.4 Å². The number of hydrogen-bond acceptors (Lipinski definition) is 1. The zero-order chi connectivity index (χ0) is 10.6. The van der Waals surface area contributed by atoms with Gasteiger partial charge in [-0.15, -0.1) is 5.54 Å². The second kappa shape index (κ2) is 4.72. The Balaban J connectivity index is 2.82. The molecule has 0 aliphatic carbocycles. The summed E-state index contributed by atoms with van der Waals surface area (Å²) in [5.74, 6) is 4.02. The van der Waals surface area contributed by atoms with Gasteiger partial charge in [-0.25, -0.2) is 0 Å². The Kier molecular flexibility index (Phi) is 3.85. The SMILES string of the molecule is C[Si](C)(C)C#Cc1ccc(CS)cc1. The first-order valence-corrected chi connectivity index (χ1v) is 8.87. The van der Waals surface area contributed by atoms with Gasteiger partial charge in [-0.1, -0.05) is 37.7 Å². The first-order chi connectivity index (χ1) is 6.51. The maximum Gasteiger partial charge on any atom is 0.129 e. The van der Waals surface area contributed by atoms with E-state index in [9.17, 15) is 0 Å². The van der Waals surface area contributed by atoms with E-state index >= 15 is 0 Å². The minimum Gasteiger partial charge on any atom is -0.175 e. The maximum absolute atomic E-state index is 4.21. The van der Waals surface area contributed by atoms with Crippen LogP contribution in [0.5, 0.6) is 0 Å². The van der Waals surface area contributed by atoms with Gasteiger partial charge in [0.15, 0.2) is 0 Å². The minimum absolute atomic E-state index is 0.793. The number of thiol groups is 1. The van der Waals surface area contributed by atoms with E-state index in [1.54, 1.807) is 0 Å². The van der Waals surface area contributed by atoms with Gasteiger partial charge >= 0.3 is 0 Å². The third kappa shape index (κ3) is 4.04. The molecular formula is C12H16SSi. The van der Waals surface area contributed by atoms with Crippen molar-refractivity contribution in [2.24, 2.45) is 0 Å². The number of rotatable bonds is 1. The van der Waals surface area contributed by atoms with Gasteiger partial charge in [0.2, 0.25) is 0 Å². The maximum atomic E-state index is 4.21. The van der Waals surface area contributed by atoms with Crippen molar-refractivity contribution in [2.75, 3.05) is 0 Å². The second-order valence-electron chi connectivity index (χ2n) is 4.36. The highest BCUT2D eigenvalue weighted by atomic mass is 32.1. The Labute approximate surface area is 93.2 Å². The van der Waals surface area contributed by atoms with E-state index in [0.29, 0.717) is 0 Å². The van der Waals surface area contributed by atoms with Crippen molar-refractivity contribution in [1.29, 1.82) is 0 Å². The predicted octanol–water partition coefficient (Wildman–Crippen LogP) is 3.35. The summed E-state index contributed by atoms with van der Waals surface area (Å²) in [6, 6.07) is 8.31. The zero-order valence-corrected chi connectivity index (χ0v) is 10.9. The van der Waals surface area contributed by atoms with E-state index in [2.05, 4.69) is 68.0 Å². The summed E-state index contributed by atoms with van der Waals surface area (Å²) in [4.78, 5) is 0. The summed E-state index contributed by atoms with van der Waals surface area (Å²) in [6.45, 7) is 6.76. The molecule has 74 valence electrons. The van der Waals surface area contributed by atoms with Crippen LogP contribution in [0.1, 0.15) is 11.1 Å². The molecule has 0 unspecified atom stereocenters. The topological polar surface area (TPSA) is 0 Å². The Morgan fingerprint density at radius 1 is 1.14 bits per heavy atom. The summed E-state index contributed by atoms with van der Waals surface area (Å²) in [6.07, 6.45) is 0. The average molecular weight is 220 g/mol. The summed E-state index contributed by atoms with van der Waals surface area (Å²) < 4.78 is 0. The zero-order valence-electron chi connectivity index (χ0n) is 8.96. The molecule has 1 aromatic rings. The summed E-state index contributed by atoms with van der Waals surface area (Å²) in [7, 11) is -1.24. The fourth-order valence-corrected chi connectivity index (χ4v) is 1.68. The predicted molar refractivity (Wildman–Crippen MR) is 69.4 cm³/mol. The molecule has 0 radical (unpaired) electrons. The molecule has 0 saturated heterocycles. The Morgan fingerprint density at radius 3 is 2.14 bits per heavy atom. The highest BCUT2D eigenvalue weighted by Gasteiger charge is 2.07. The van der Waals surface area contributed by atoms with Gasteiger partial charge in [0.1, 0.15) is 8.07 Å². The molecule has 0 heterocycles. The van der Waals surface area contributed by atoms with E-state index in [-0.39, 0.29) is 0 Å². The van der Waals surface area contributed by atoms with Gasteiger partial charge < -0.3 is 0 Å². The third-order valence-electron chi connectivity index (χ3n) is 1.72. The average Bonchev–Trinajstić information content (AvgIpc) is 2.14. The first kappa shape index (κ1) is 11.4. The van der Waals surface area contributed by atoms with Crippen molar-refractivity contribution < 1.29 is 0 Å². The molecule has 0 amide bonds. The molecule has 1 rings (SSSR count). The molecule has 0 aliphatic heterocycles. The van der Waals surface area contributed by atoms with Crippen LogP contribution in [-0.4, -0.2) is 8.07 Å². The lowest BCUT2D eigenvalue weighted by Gasteiger charge is -2.03. The lowest BCUT2D eigenvalue weighted by Crippen LogP contribution is -2.16. The Hall–Kier alpha value is -0.653. The summed E-state index contributed by atoms with van der Waals surface area (Å²) >= 11 is 4.21. The van der Waals surface area contributed by atoms with Crippen LogP contribution in [0.15, 0.2) is 24.3 Å². The molecule has 0 aliphatic rings. The standard InChI is InChI=1S/C12H16SSi/c1-14(2,3)9-8-11-4-6-12(10-13)7-5-11/h4-7,13H,10H2,1-3H3. The highest BCUT2D eigenvalue weighted by Crippen LogP contribution is 2.06. The van der Waals surface area contributed by atoms with Gasteiger partial charge in [0.05, 0.1) is 0 Å². The minimum atomic E-state index is -1.24. The molecule has 0 atom stereocenters. The normalized spacial score (nSPS) is 10.6. The lowest BCUT2D eigenvalue weighted by molar-refractivity contribution is 1.42. The van der Waals surface area contributed by atoms with Crippen molar-refractivity contribution in [3.8, 4) is 11.5 Å². The Bertz CT molecular complexity index is 349. The van der Waals surface area contributed by atoms with E-state index < -0.39 is 8.07 Å². The molecule has 0 bridgehead atoms. The lowest BCUT2D eigenvalue weighted by atomic mass is 10.2. The molecule has 1 aromatic carbocycles. The Morgan fingerprint density at radius 2 is 1.71 bits per heavy atom. The van der Waals surface area contributed by atoms with Crippen molar-refractivity contribution >= 4 is 20.7 Å². The van der Waals surface area contributed by atoms with Gasteiger partial charge in [0, 0.05) is 11.3 Å². The smallest absolute Gasteiger partial charge is 0.129 e. The molecule has 0 aromatic heterocycles. The quantitative estimate of drug-likeness (QED) is 0.419. The molecule has 0 spiro atoms. The van der Waals surface area contributed by atoms with Crippen LogP contribution in [0.4, 0.5) is 0 Å². The van der Waals surface area contributed by atoms with Crippen LogP contribution >= 0.6 is 12.6 Å². The van der Waals surface area contributed by atoms with Crippen LogP contribution in [0.3, 0.4) is 0 Å². The van der Waals surface area contributed by atoms with Crippen LogP contribution in [0.25, 0.3) is 0 Å². The summed E-state index contributed by atoms with van der Waals surface area (Å²) in [5, 5.41) is 0. The van der Waals surface area contributed by atoms with E-state index in [1.807, 2.05) is 0 Å². The molecule has 2 heteroatoms. The molecule has 0 saturated carbocycles. The second-order valence-corrected chi connectivity index (χ2v) is 9.42. The fraction of sp³-hybridized carbons (Fsp3) is 0.333. The highest BCUT2D eigenvalue weighted by molar-refractivity contribution is 7.79. The fourth-order valence-electron chi connectivity index (χ4n) is 0.953. The van der Waals surface area contributed by atoms with Crippen molar-refractivity contribution in [3.63, 3.8) is 0 Å². The summed E-state index contributed by atoms with van der Waals surface area (Å²) in [5.41, 5.74) is 5.70. The van der Waals surface area contributed by atoms with Crippen LogP contribution in [0, 0.1) is 11.5 Å². The van der Waals surface area contributed by atoms with Crippen molar-refractivity contribution in [1.82, 2.24) is 0 Å². The van der Waals surface area contributed by atoms with Crippen LogP contribution in [0.2, 0.25) is 19.6 Å². The van der Waals surface area contributed by atoms with Crippen molar-refractivity contribution in [2.45, 2.75) is 25.4 Å². The first-order valence-electron chi connectivity index (χ1n) is 4.74. The van der Waals surface area contributed by atoms with E-state index in [0.717, 1.165) is 11.3 Å². The molecular weight excluding hydrogens is 204 g/mol. The monoisotopic (exact) mass is 220 g/mol. The number of benzene rings is 1. The molecule has 0 fully saturated rings. The van der Waals surface area contributed by atoms with Gasteiger partial charge in [-0.05, 0) is 17.7 Å².